The van der Waals surface area contributed by atoms with Gasteiger partial charge in [0.05, 0.1) is 5.69 Å². The Hall–Kier alpha value is -3.19. The minimum Gasteiger partial charge on any atom is -0.480 e. The van der Waals surface area contributed by atoms with Gasteiger partial charge in [-0.15, -0.1) is 0 Å². The molecule has 166 valence electrons. The molecule has 3 aromatic rings. The number of aromatic nitrogens is 1. The number of benzene rings is 2. The Morgan fingerprint density at radius 3 is 2.88 bits per heavy atom. The lowest BCUT2D eigenvalue weighted by atomic mass is 10.2. The summed E-state index contributed by atoms with van der Waals surface area (Å²) in [5.74, 6) is 1.33. The Balaban J connectivity index is 1.55. The van der Waals surface area contributed by atoms with Crippen LogP contribution in [0.5, 0.6) is 5.75 Å². The average Bonchev–Trinajstić information content (AvgIpc) is 3.47. The summed E-state index contributed by atoms with van der Waals surface area (Å²) in [5.41, 5.74) is 3.50. The van der Waals surface area contributed by atoms with Crippen molar-refractivity contribution in [3.05, 3.63) is 53.2 Å². The van der Waals surface area contributed by atoms with Crippen molar-refractivity contribution in [2.45, 2.75) is 39.3 Å². The molecule has 0 amide bonds. The fourth-order valence-electron chi connectivity index (χ4n) is 4.65. The van der Waals surface area contributed by atoms with Crippen molar-refractivity contribution in [2.75, 3.05) is 22.9 Å². The molecule has 0 radical (unpaired) electrons. The molecule has 5 rings (SSSR count). The summed E-state index contributed by atoms with van der Waals surface area (Å²) in [6.45, 7) is 6.27. The van der Waals surface area contributed by atoms with E-state index < -0.39 is 12.0 Å². The highest BCUT2D eigenvalue weighted by Crippen LogP contribution is 2.41. The molecule has 1 unspecified atom stereocenters. The Morgan fingerprint density at radius 1 is 1.28 bits per heavy atom. The molecule has 0 bridgehead atoms. The van der Waals surface area contributed by atoms with E-state index in [9.17, 15) is 9.90 Å². The number of fused-ring (bicyclic) bond motifs is 2. The fraction of sp³-hybridized carbons (Fsp3) is 0.333. The molecule has 0 spiro atoms. The van der Waals surface area contributed by atoms with Crippen molar-refractivity contribution < 1.29 is 23.6 Å². The number of halogens is 1. The number of hydrogen-bond donors (Lipinski definition) is 1. The molecular weight excluding hydrogens is 430 g/mol. The Labute approximate surface area is 191 Å². The Kier molecular flexibility index (Phi) is 5.21. The fourth-order valence-corrected chi connectivity index (χ4v) is 4.81. The highest BCUT2D eigenvalue weighted by molar-refractivity contribution is 6.31. The van der Waals surface area contributed by atoms with Gasteiger partial charge in [0.15, 0.2) is 5.75 Å². The maximum atomic E-state index is 11.6. The minimum atomic E-state index is -0.777. The number of carbonyl (C=O) groups is 1. The van der Waals surface area contributed by atoms with Gasteiger partial charge in [-0.05, 0) is 57.0 Å². The number of anilines is 2. The zero-order chi connectivity index (χ0) is 22.4. The van der Waals surface area contributed by atoms with Crippen LogP contribution in [0.4, 0.5) is 11.4 Å². The lowest BCUT2D eigenvalue weighted by Crippen LogP contribution is -2.37. The molecule has 1 saturated heterocycles. The second-order valence-electron chi connectivity index (χ2n) is 7.97. The molecule has 0 aliphatic carbocycles. The van der Waals surface area contributed by atoms with Crippen LogP contribution in [0.25, 0.3) is 17.2 Å². The highest BCUT2D eigenvalue weighted by Gasteiger charge is 2.33. The first-order valence-electron chi connectivity index (χ1n) is 10.9. The highest BCUT2D eigenvalue weighted by atomic mass is 35.5. The topological polar surface area (TPSA) is 70.0 Å². The largest absolute Gasteiger partial charge is 0.480 e. The third kappa shape index (κ3) is 3.37. The van der Waals surface area contributed by atoms with Crippen LogP contribution in [0.15, 0.2) is 46.7 Å². The molecule has 0 saturated carbocycles. The van der Waals surface area contributed by atoms with Crippen molar-refractivity contribution in [1.82, 2.24) is 0 Å². The van der Waals surface area contributed by atoms with Gasteiger partial charge in [-0.3, -0.25) is 0 Å². The zero-order valence-corrected chi connectivity index (χ0v) is 18.8. The van der Waals surface area contributed by atoms with Crippen LogP contribution in [-0.4, -0.2) is 30.2 Å². The van der Waals surface area contributed by atoms with E-state index in [1.165, 1.54) is 0 Å². The van der Waals surface area contributed by atoms with Gasteiger partial charge >= 0.3 is 11.9 Å². The summed E-state index contributed by atoms with van der Waals surface area (Å²) in [4.78, 5) is 15.7. The van der Waals surface area contributed by atoms with Gasteiger partial charge in [0.2, 0.25) is 11.5 Å². The van der Waals surface area contributed by atoms with Crippen molar-refractivity contribution in [2.24, 2.45) is 0 Å². The number of rotatable bonds is 5. The van der Waals surface area contributed by atoms with Crippen molar-refractivity contribution >= 4 is 46.1 Å². The van der Waals surface area contributed by atoms with Crippen molar-refractivity contribution in [3.8, 4) is 5.75 Å². The minimum absolute atomic E-state index is 0.480. The quantitative estimate of drug-likeness (QED) is 0.565. The lowest BCUT2D eigenvalue weighted by Gasteiger charge is -2.23. The third-order valence-corrected chi connectivity index (χ3v) is 6.39. The first-order chi connectivity index (χ1) is 15.5. The van der Waals surface area contributed by atoms with Gasteiger partial charge in [0.25, 0.3) is 5.52 Å². The van der Waals surface area contributed by atoms with E-state index in [1.807, 2.05) is 47.4 Å². The number of carboxylic acids is 1. The molecule has 1 N–H and O–H groups in total. The van der Waals surface area contributed by atoms with Crippen LogP contribution >= 0.6 is 11.6 Å². The van der Waals surface area contributed by atoms with Gasteiger partial charge in [0, 0.05) is 29.9 Å². The zero-order valence-electron chi connectivity index (χ0n) is 18.0. The second kappa shape index (κ2) is 8.06. The van der Waals surface area contributed by atoms with E-state index in [2.05, 4.69) is 23.3 Å². The molecule has 32 heavy (non-hydrogen) atoms. The third-order valence-electron chi connectivity index (χ3n) is 6.16. The second-order valence-corrected chi connectivity index (χ2v) is 8.40. The molecule has 3 heterocycles. The summed E-state index contributed by atoms with van der Waals surface area (Å²) >= 11 is 6.19. The average molecular weight is 455 g/mol. The van der Waals surface area contributed by atoms with Crippen molar-refractivity contribution in [1.29, 1.82) is 0 Å². The maximum absolute atomic E-state index is 11.6. The van der Waals surface area contributed by atoms with E-state index in [4.69, 9.17) is 20.8 Å². The van der Waals surface area contributed by atoms with Gasteiger partial charge in [-0.25, -0.2) is 4.79 Å². The van der Waals surface area contributed by atoms with Crippen molar-refractivity contribution in [3.63, 3.8) is 0 Å². The van der Waals surface area contributed by atoms with Crippen LogP contribution in [0.1, 0.15) is 32.6 Å². The summed E-state index contributed by atoms with van der Waals surface area (Å²) in [7, 11) is 0. The maximum Gasteiger partial charge on any atom is 0.379 e. The Morgan fingerprint density at radius 2 is 2.12 bits per heavy atom. The number of aryl methyl sites for hydroxylation is 1. The molecule has 7 nitrogen and oxygen atoms in total. The van der Waals surface area contributed by atoms with Crippen LogP contribution < -0.4 is 19.1 Å². The number of aliphatic carboxylic acids is 1. The van der Waals surface area contributed by atoms with E-state index >= 15 is 0 Å². The molecule has 2 aliphatic heterocycles. The van der Waals surface area contributed by atoms with E-state index in [0.29, 0.717) is 29.8 Å². The summed E-state index contributed by atoms with van der Waals surface area (Å²) in [6.07, 6.45) is 3.44. The summed E-state index contributed by atoms with van der Waals surface area (Å²) in [6, 6.07) is 11.0. The first-order valence-corrected chi connectivity index (χ1v) is 11.3. The normalized spacial score (nSPS) is 19.1. The first kappa shape index (κ1) is 20.7. The molecule has 1 aromatic heterocycles. The van der Waals surface area contributed by atoms with Gasteiger partial charge in [-0.2, -0.15) is 4.57 Å². The smallest absolute Gasteiger partial charge is 0.379 e. The number of oxazole rings is 1. The standard InChI is InChI=1S/C24H24ClN3O4/c1-3-26-18-12-15(25)7-9-20(18)31-22(26)14-23-27(4-2)19-13-16(8-10-21(19)32-23)28-11-5-6-17(28)24(29)30/h7-10,12-14,17H,3-6,11H2,1-2H3/p+1. The predicted molar refractivity (Wildman–Crippen MR) is 123 cm³/mol. The molecule has 2 aliphatic rings. The lowest BCUT2D eigenvalue weighted by molar-refractivity contribution is -0.674. The molecule has 2 aromatic carbocycles. The van der Waals surface area contributed by atoms with E-state index in [0.717, 1.165) is 47.7 Å². The number of ether oxygens (including phenoxy) is 1. The summed E-state index contributed by atoms with van der Waals surface area (Å²) in [5, 5.41) is 10.2. The van der Waals surface area contributed by atoms with Gasteiger partial charge in [-0.1, -0.05) is 11.6 Å². The number of hydrogen-bond acceptors (Lipinski definition) is 5. The molecule has 1 atom stereocenters. The molecular formula is C24H25ClN3O4+. The van der Waals surface area contributed by atoms with Crippen LogP contribution in [0.2, 0.25) is 5.02 Å². The van der Waals surface area contributed by atoms with Crippen LogP contribution in [-0.2, 0) is 11.3 Å². The number of carboxylic acid groups (broad SMARTS) is 1. The summed E-state index contributed by atoms with van der Waals surface area (Å²) < 4.78 is 14.3. The Bertz CT molecular complexity index is 1240. The molecule has 8 heteroatoms. The molecule has 1 fully saturated rings. The van der Waals surface area contributed by atoms with Crippen LogP contribution in [0.3, 0.4) is 0 Å². The van der Waals surface area contributed by atoms with E-state index in [-0.39, 0.29) is 0 Å². The monoisotopic (exact) mass is 454 g/mol. The van der Waals surface area contributed by atoms with Gasteiger partial charge in [0.1, 0.15) is 18.7 Å². The van der Waals surface area contributed by atoms with Crippen LogP contribution in [0, 0.1) is 0 Å². The van der Waals surface area contributed by atoms with Gasteiger partial charge < -0.3 is 24.1 Å². The SMILES string of the molecule is CCN1C(=Cc2oc3ccc(N4CCCC4C(=O)O)cc3[n+]2CC)Oc2ccc(Cl)cc21. The van der Waals surface area contributed by atoms with E-state index in [1.54, 1.807) is 0 Å². The number of nitrogens with zero attached hydrogens (tertiary/aromatic N) is 3. The predicted octanol–water partition coefficient (Wildman–Crippen LogP) is 4.66.